The minimum Gasteiger partial charge on any atom is -0.407 e. The van der Waals surface area contributed by atoms with Crippen molar-refractivity contribution in [3.63, 3.8) is 0 Å². The molecular formula is C14H26O3Si. The van der Waals surface area contributed by atoms with Crippen LogP contribution in [0.3, 0.4) is 0 Å². The van der Waals surface area contributed by atoms with Gasteiger partial charge in [0.15, 0.2) is 8.32 Å². The Morgan fingerprint density at radius 1 is 1.22 bits per heavy atom. The highest BCUT2D eigenvalue weighted by Gasteiger charge is 2.39. The Hall–Kier alpha value is -0.743. The Balaban J connectivity index is 4.92. The first kappa shape index (κ1) is 17.3. The molecule has 0 aromatic heterocycles. The van der Waals surface area contributed by atoms with Crippen LogP contribution in [0.4, 0.5) is 0 Å². The van der Waals surface area contributed by atoms with Crippen LogP contribution in [0.15, 0.2) is 11.6 Å². The first-order valence-electron chi connectivity index (χ1n) is 6.32. The molecule has 0 aromatic carbocycles. The fraction of sp³-hybridized carbons (Fsp3) is 0.714. The molecule has 0 aromatic rings. The maximum atomic E-state index is 11.2. The van der Waals surface area contributed by atoms with Crippen molar-refractivity contribution in [3.05, 3.63) is 11.6 Å². The molecule has 0 bridgehead atoms. The molecule has 0 aliphatic heterocycles. The number of aldehydes is 2. The van der Waals surface area contributed by atoms with Crippen LogP contribution >= 0.6 is 0 Å². The quantitative estimate of drug-likeness (QED) is 0.422. The van der Waals surface area contributed by atoms with E-state index in [4.69, 9.17) is 4.43 Å². The van der Waals surface area contributed by atoms with Gasteiger partial charge < -0.3 is 9.22 Å². The van der Waals surface area contributed by atoms with E-state index in [1.165, 1.54) is 0 Å². The highest BCUT2D eigenvalue weighted by Crippen LogP contribution is 2.37. The molecule has 0 amide bonds. The van der Waals surface area contributed by atoms with E-state index in [0.717, 1.165) is 12.6 Å². The third kappa shape index (κ3) is 4.86. The Kier molecular flexibility index (Phi) is 6.17. The Labute approximate surface area is 112 Å². The van der Waals surface area contributed by atoms with Crippen molar-refractivity contribution in [2.45, 2.75) is 58.9 Å². The molecule has 0 saturated heterocycles. The van der Waals surface area contributed by atoms with Gasteiger partial charge in [-0.2, -0.15) is 0 Å². The molecule has 0 aliphatic rings. The third-order valence-electron chi connectivity index (χ3n) is 3.60. The molecule has 0 fully saturated rings. The molecule has 0 heterocycles. The van der Waals surface area contributed by atoms with Crippen LogP contribution in [0.1, 0.15) is 34.6 Å². The van der Waals surface area contributed by atoms with E-state index >= 15 is 0 Å². The lowest BCUT2D eigenvalue weighted by atomic mass is 10.0. The molecule has 0 rings (SSSR count). The summed E-state index contributed by atoms with van der Waals surface area (Å²) in [6.07, 6.45) is 2.96. The topological polar surface area (TPSA) is 43.4 Å². The number of allylic oxidation sites excluding steroid dienone is 1. The standard InChI is InChI=1S/C14H26O3Si/c1-11(9-15)8-12(2)13(10-16)17-18(6,7)14(3,4)5/h8-10,12-13H,1-7H3/b11-8+/t12-,13-/m0/s1. The van der Waals surface area contributed by atoms with Crippen molar-refractivity contribution in [2.75, 3.05) is 0 Å². The molecule has 0 N–H and O–H groups in total. The maximum absolute atomic E-state index is 11.2. The summed E-state index contributed by atoms with van der Waals surface area (Å²) in [4.78, 5) is 21.8. The van der Waals surface area contributed by atoms with Crippen molar-refractivity contribution >= 4 is 20.9 Å². The van der Waals surface area contributed by atoms with Gasteiger partial charge in [-0.3, -0.25) is 4.79 Å². The van der Waals surface area contributed by atoms with Gasteiger partial charge in [0.1, 0.15) is 18.7 Å². The van der Waals surface area contributed by atoms with Crippen LogP contribution in [0.2, 0.25) is 18.1 Å². The van der Waals surface area contributed by atoms with Gasteiger partial charge in [-0.15, -0.1) is 0 Å². The molecule has 0 radical (unpaired) electrons. The monoisotopic (exact) mass is 270 g/mol. The lowest BCUT2D eigenvalue weighted by molar-refractivity contribution is -0.115. The van der Waals surface area contributed by atoms with E-state index in [2.05, 4.69) is 33.9 Å². The molecule has 2 atom stereocenters. The number of carbonyl (C=O) groups excluding carboxylic acids is 2. The normalized spacial score (nSPS) is 17.2. The molecule has 3 nitrogen and oxygen atoms in total. The predicted molar refractivity (Wildman–Crippen MR) is 77.1 cm³/mol. The first-order chi connectivity index (χ1) is 8.05. The largest absolute Gasteiger partial charge is 0.407 e. The number of carbonyl (C=O) groups is 2. The van der Waals surface area contributed by atoms with Gasteiger partial charge in [-0.1, -0.05) is 33.8 Å². The summed E-state index contributed by atoms with van der Waals surface area (Å²) in [7, 11) is -1.96. The van der Waals surface area contributed by atoms with Crippen LogP contribution in [0.5, 0.6) is 0 Å². The average Bonchev–Trinajstić information content (AvgIpc) is 2.23. The summed E-state index contributed by atoms with van der Waals surface area (Å²) in [6.45, 7) is 14.3. The SMILES string of the molecule is C/C(C=O)=C\[C@H](C)[C@H](C=O)O[Si](C)(C)C(C)(C)C. The Morgan fingerprint density at radius 3 is 2.06 bits per heavy atom. The average molecular weight is 270 g/mol. The highest BCUT2D eigenvalue weighted by atomic mass is 28.4. The van der Waals surface area contributed by atoms with E-state index in [-0.39, 0.29) is 11.0 Å². The number of rotatable bonds is 6. The van der Waals surface area contributed by atoms with Gasteiger partial charge in [-0.05, 0) is 30.6 Å². The summed E-state index contributed by atoms with van der Waals surface area (Å²) < 4.78 is 6.07. The van der Waals surface area contributed by atoms with E-state index in [9.17, 15) is 9.59 Å². The predicted octanol–water partition coefficient (Wildman–Crippen LogP) is 3.36. The van der Waals surface area contributed by atoms with Crippen molar-refractivity contribution in [1.29, 1.82) is 0 Å². The number of hydrogen-bond acceptors (Lipinski definition) is 3. The fourth-order valence-corrected chi connectivity index (χ4v) is 2.63. The minimum atomic E-state index is -1.96. The van der Waals surface area contributed by atoms with Crippen molar-refractivity contribution in [2.24, 2.45) is 5.92 Å². The molecule has 0 spiro atoms. The van der Waals surface area contributed by atoms with E-state index in [0.29, 0.717) is 5.57 Å². The van der Waals surface area contributed by atoms with Crippen LogP contribution in [-0.4, -0.2) is 27.0 Å². The number of hydrogen-bond donors (Lipinski definition) is 0. The second-order valence-electron chi connectivity index (χ2n) is 6.37. The van der Waals surface area contributed by atoms with Crippen molar-refractivity contribution in [1.82, 2.24) is 0 Å². The second-order valence-corrected chi connectivity index (χ2v) is 11.1. The zero-order valence-electron chi connectivity index (χ0n) is 12.6. The van der Waals surface area contributed by atoms with Crippen molar-refractivity contribution < 1.29 is 14.0 Å². The summed E-state index contributed by atoms with van der Waals surface area (Å²) in [5.41, 5.74) is 0.633. The first-order valence-corrected chi connectivity index (χ1v) is 9.22. The van der Waals surface area contributed by atoms with E-state index < -0.39 is 14.4 Å². The molecule has 18 heavy (non-hydrogen) atoms. The smallest absolute Gasteiger partial charge is 0.193 e. The van der Waals surface area contributed by atoms with Gasteiger partial charge in [-0.25, -0.2) is 0 Å². The molecule has 0 aliphatic carbocycles. The molecular weight excluding hydrogens is 244 g/mol. The van der Waals surface area contributed by atoms with Crippen LogP contribution in [-0.2, 0) is 14.0 Å². The summed E-state index contributed by atoms with van der Waals surface area (Å²) in [5.74, 6) is -0.0816. The lowest BCUT2D eigenvalue weighted by Crippen LogP contribution is -2.45. The van der Waals surface area contributed by atoms with Gasteiger partial charge in [0, 0.05) is 5.92 Å². The summed E-state index contributed by atoms with van der Waals surface area (Å²) in [5, 5.41) is 0.0669. The molecule has 4 heteroatoms. The second kappa shape index (κ2) is 6.43. The minimum absolute atomic E-state index is 0.0669. The van der Waals surface area contributed by atoms with Crippen LogP contribution in [0.25, 0.3) is 0 Å². The van der Waals surface area contributed by atoms with Crippen LogP contribution < -0.4 is 0 Å². The zero-order valence-corrected chi connectivity index (χ0v) is 13.6. The van der Waals surface area contributed by atoms with Gasteiger partial charge in [0.2, 0.25) is 0 Å². The van der Waals surface area contributed by atoms with Gasteiger partial charge in [0.25, 0.3) is 0 Å². The van der Waals surface area contributed by atoms with E-state index in [1.54, 1.807) is 13.0 Å². The highest BCUT2D eigenvalue weighted by molar-refractivity contribution is 6.74. The Bertz CT molecular complexity index is 326. The van der Waals surface area contributed by atoms with E-state index in [1.807, 2.05) is 6.92 Å². The molecule has 0 unspecified atom stereocenters. The van der Waals surface area contributed by atoms with Gasteiger partial charge in [0.05, 0.1) is 0 Å². The third-order valence-corrected chi connectivity index (χ3v) is 8.07. The van der Waals surface area contributed by atoms with Gasteiger partial charge >= 0.3 is 0 Å². The Morgan fingerprint density at radius 2 is 1.72 bits per heavy atom. The molecule has 104 valence electrons. The van der Waals surface area contributed by atoms with Crippen LogP contribution in [0, 0.1) is 5.92 Å². The maximum Gasteiger partial charge on any atom is 0.193 e. The lowest BCUT2D eigenvalue weighted by Gasteiger charge is -2.39. The fourth-order valence-electron chi connectivity index (χ4n) is 1.32. The summed E-state index contributed by atoms with van der Waals surface area (Å²) in [6, 6.07) is 0. The van der Waals surface area contributed by atoms with Crippen molar-refractivity contribution in [3.8, 4) is 0 Å². The molecule has 0 saturated carbocycles. The summed E-state index contributed by atoms with van der Waals surface area (Å²) >= 11 is 0. The zero-order chi connectivity index (χ0) is 14.6.